The second-order valence-electron chi connectivity index (χ2n) is 10.5. The van der Waals surface area contributed by atoms with E-state index in [9.17, 15) is 13.2 Å². The molecule has 1 unspecified atom stereocenters. The number of carbonyl (C=O) groups is 1. The molecular formula is C28H41N8O7PS. The number of carbonyl (C=O) groups excluding carboxylic acids is 1. The lowest BCUT2D eigenvalue weighted by atomic mass is 10.1. The van der Waals surface area contributed by atoms with E-state index in [1.807, 2.05) is 38.4 Å². The molecule has 2 N–H and O–H groups in total. The van der Waals surface area contributed by atoms with Gasteiger partial charge in [-0.25, -0.2) is 32.8 Å². The zero-order chi connectivity index (χ0) is 33.1. The molecule has 0 aliphatic carbocycles. The standard InChI is InChI=1S/C28H41N8O7PS/c1-19(2)36(20(3)4)44(42-15-11-14-29)43-24(22(40-5)16-33-45(7,38)39)28(41-6)35-18-32-23-25(30-17-31-26(23)35)34-27(37)21-12-9-8-10-13-21/h8-10,12-13,17-20,22,24,28,33H,11,15-16H2,1-7H3,(H,30,31,34,37)/t22-,24-,28-,44?/m1/s1. The van der Waals surface area contributed by atoms with Crippen LogP contribution in [-0.2, 0) is 28.5 Å². The number of imidazole rings is 1. The molecule has 2 aromatic heterocycles. The van der Waals surface area contributed by atoms with Gasteiger partial charge in [-0.15, -0.1) is 0 Å². The molecule has 17 heteroatoms. The summed E-state index contributed by atoms with van der Waals surface area (Å²) in [5, 5.41) is 11.9. The number of aromatic nitrogens is 4. The molecule has 0 saturated heterocycles. The smallest absolute Gasteiger partial charge is 0.259 e. The molecule has 246 valence electrons. The molecule has 45 heavy (non-hydrogen) atoms. The minimum Gasteiger partial charge on any atom is -0.377 e. The number of methoxy groups -OCH3 is 2. The number of hydrogen-bond acceptors (Lipinski definition) is 12. The normalized spacial score (nSPS) is 14.9. The topological polar surface area (TPSA) is 183 Å². The van der Waals surface area contributed by atoms with Crippen molar-refractivity contribution in [3.63, 3.8) is 0 Å². The van der Waals surface area contributed by atoms with Crippen LogP contribution in [0.1, 0.15) is 50.7 Å². The van der Waals surface area contributed by atoms with Crippen molar-refractivity contribution in [1.82, 2.24) is 28.9 Å². The van der Waals surface area contributed by atoms with Gasteiger partial charge in [0.25, 0.3) is 14.4 Å². The summed E-state index contributed by atoms with van der Waals surface area (Å²) in [5.74, 6) is -0.182. The van der Waals surface area contributed by atoms with Crippen molar-refractivity contribution in [2.24, 2.45) is 0 Å². The summed E-state index contributed by atoms with van der Waals surface area (Å²) in [6.45, 7) is 7.97. The summed E-state index contributed by atoms with van der Waals surface area (Å²) in [6, 6.07) is 10.7. The number of ether oxygens (including phenoxy) is 2. The van der Waals surface area contributed by atoms with Gasteiger partial charge in [0, 0.05) is 38.4 Å². The summed E-state index contributed by atoms with van der Waals surface area (Å²) in [5.41, 5.74) is 1.06. The summed E-state index contributed by atoms with van der Waals surface area (Å²) >= 11 is 0. The molecule has 3 rings (SSSR count). The van der Waals surface area contributed by atoms with Crippen LogP contribution in [0.5, 0.6) is 0 Å². The van der Waals surface area contributed by atoms with Gasteiger partial charge in [0.2, 0.25) is 10.0 Å². The summed E-state index contributed by atoms with van der Waals surface area (Å²) in [6.07, 6.45) is 1.12. The summed E-state index contributed by atoms with van der Waals surface area (Å²) in [4.78, 5) is 26.0. The van der Waals surface area contributed by atoms with E-state index in [-0.39, 0.29) is 43.4 Å². The van der Waals surface area contributed by atoms with Crippen molar-refractivity contribution in [3.8, 4) is 6.07 Å². The molecule has 15 nitrogen and oxygen atoms in total. The second-order valence-corrected chi connectivity index (χ2v) is 13.7. The predicted octanol–water partition coefficient (Wildman–Crippen LogP) is 3.45. The van der Waals surface area contributed by atoms with E-state index in [2.05, 4.69) is 31.1 Å². The van der Waals surface area contributed by atoms with Gasteiger partial charge in [0.05, 0.1) is 31.7 Å². The zero-order valence-electron chi connectivity index (χ0n) is 26.4. The fourth-order valence-electron chi connectivity index (χ4n) is 4.57. The van der Waals surface area contributed by atoms with E-state index < -0.39 is 37.0 Å². The maximum atomic E-state index is 12.9. The van der Waals surface area contributed by atoms with Crippen LogP contribution in [0.3, 0.4) is 0 Å². The molecule has 4 atom stereocenters. The molecule has 0 aliphatic heterocycles. The molecule has 3 aromatic rings. The Morgan fingerprint density at radius 3 is 2.36 bits per heavy atom. The third kappa shape index (κ3) is 9.93. The highest BCUT2D eigenvalue weighted by molar-refractivity contribution is 7.88. The van der Waals surface area contributed by atoms with Crippen LogP contribution in [0.2, 0.25) is 0 Å². The fourth-order valence-corrected chi connectivity index (χ4v) is 6.79. The van der Waals surface area contributed by atoms with Gasteiger partial charge in [-0.3, -0.25) is 9.36 Å². The van der Waals surface area contributed by atoms with E-state index in [0.717, 1.165) is 6.26 Å². The molecule has 0 aliphatic rings. The number of rotatable bonds is 18. The number of fused-ring (bicyclic) bond motifs is 1. The van der Waals surface area contributed by atoms with Crippen molar-refractivity contribution in [2.45, 2.75) is 64.6 Å². The third-order valence-corrected chi connectivity index (χ3v) is 9.33. The Kier molecular flexibility index (Phi) is 13.7. The molecule has 1 amide bonds. The van der Waals surface area contributed by atoms with E-state index in [1.54, 1.807) is 28.8 Å². The van der Waals surface area contributed by atoms with Gasteiger partial charge in [0.15, 0.2) is 23.2 Å². The van der Waals surface area contributed by atoms with Crippen LogP contribution in [-0.4, -0.2) is 96.4 Å². The van der Waals surface area contributed by atoms with Crippen LogP contribution in [0.25, 0.3) is 11.2 Å². The number of benzene rings is 1. The van der Waals surface area contributed by atoms with Crippen LogP contribution >= 0.6 is 8.53 Å². The first-order valence-electron chi connectivity index (χ1n) is 14.2. The molecule has 0 saturated carbocycles. The first-order chi connectivity index (χ1) is 21.4. The quantitative estimate of drug-likeness (QED) is 0.149. The second kappa shape index (κ2) is 17.0. The predicted molar refractivity (Wildman–Crippen MR) is 169 cm³/mol. The van der Waals surface area contributed by atoms with Gasteiger partial charge in [-0.05, 0) is 39.8 Å². The first kappa shape index (κ1) is 36.3. The van der Waals surface area contributed by atoms with Gasteiger partial charge in [-0.2, -0.15) is 5.26 Å². The minimum absolute atomic E-state index is 0.00687. The van der Waals surface area contributed by atoms with E-state index in [4.69, 9.17) is 23.8 Å². The Labute approximate surface area is 265 Å². The lowest BCUT2D eigenvalue weighted by molar-refractivity contribution is -0.107. The minimum atomic E-state index is -3.59. The monoisotopic (exact) mass is 664 g/mol. The highest BCUT2D eigenvalue weighted by Crippen LogP contribution is 2.49. The Hall–Kier alpha value is -3.13. The lowest BCUT2D eigenvalue weighted by Crippen LogP contribution is -2.46. The SMILES string of the molecule is CO[C@H]([C@H](OP(OCCC#N)N(C(C)C)C(C)C)[C@@H](CNS(C)(=O)=O)OC)n1cnc2c(NC(=O)c3ccccc3)ncnc21. The van der Waals surface area contributed by atoms with E-state index in [0.29, 0.717) is 16.7 Å². The number of hydrogen-bond donors (Lipinski definition) is 2. The first-order valence-corrected chi connectivity index (χ1v) is 17.2. The van der Waals surface area contributed by atoms with Crippen molar-refractivity contribution in [3.05, 3.63) is 48.5 Å². The summed E-state index contributed by atoms with van der Waals surface area (Å²) in [7, 11) is -2.50. The van der Waals surface area contributed by atoms with Crippen LogP contribution < -0.4 is 10.0 Å². The third-order valence-electron chi connectivity index (χ3n) is 6.51. The van der Waals surface area contributed by atoms with E-state index >= 15 is 0 Å². The number of amides is 1. The number of sulfonamides is 1. The van der Waals surface area contributed by atoms with Crippen molar-refractivity contribution < 1.29 is 31.7 Å². The van der Waals surface area contributed by atoms with Crippen molar-refractivity contribution in [2.75, 3.05) is 38.9 Å². The molecule has 0 fully saturated rings. The Morgan fingerprint density at radius 1 is 1.09 bits per heavy atom. The highest BCUT2D eigenvalue weighted by Gasteiger charge is 2.40. The van der Waals surface area contributed by atoms with Crippen molar-refractivity contribution in [1.29, 1.82) is 5.26 Å². The van der Waals surface area contributed by atoms with Crippen molar-refractivity contribution >= 4 is 41.4 Å². The maximum Gasteiger partial charge on any atom is 0.259 e. The maximum absolute atomic E-state index is 12.9. The van der Waals surface area contributed by atoms with Crippen LogP contribution in [0.15, 0.2) is 43.0 Å². The Morgan fingerprint density at radius 2 is 1.78 bits per heavy atom. The summed E-state index contributed by atoms with van der Waals surface area (Å²) < 4.78 is 54.8. The molecule has 2 heterocycles. The number of nitrogens with zero attached hydrogens (tertiary/aromatic N) is 6. The van der Waals surface area contributed by atoms with Crippen LogP contribution in [0.4, 0.5) is 5.82 Å². The average molecular weight is 665 g/mol. The Bertz CT molecular complexity index is 1530. The number of nitriles is 1. The molecule has 0 radical (unpaired) electrons. The van der Waals surface area contributed by atoms with Gasteiger partial charge < -0.3 is 23.8 Å². The largest absolute Gasteiger partial charge is 0.377 e. The van der Waals surface area contributed by atoms with E-state index in [1.165, 1.54) is 26.9 Å². The lowest BCUT2D eigenvalue weighted by Gasteiger charge is -2.40. The highest BCUT2D eigenvalue weighted by atomic mass is 32.2. The average Bonchev–Trinajstić information content (AvgIpc) is 3.42. The van der Waals surface area contributed by atoms with Gasteiger partial charge in [0.1, 0.15) is 18.5 Å². The number of anilines is 1. The molecule has 0 bridgehead atoms. The molecular weight excluding hydrogens is 623 g/mol. The Balaban J connectivity index is 2.08. The van der Waals surface area contributed by atoms with Crippen LogP contribution in [0, 0.1) is 11.3 Å². The fraction of sp³-hybridized carbons (Fsp3) is 0.536. The molecule has 1 aromatic carbocycles. The van der Waals surface area contributed by atoms with Gasteiger partial charge >= 0.3 is 0 Å². The molecule has 0 spiro atoms. The number of nitrogens with one attached hydrogen (secondary N) is 2. The zero-order valence-corrected chi connectivity index (χ0v) is 28.2. The van der Waals surface area contributed by atoms with Gasteiger partial charge in [-0.1, -0.05) is 18.2 Å².